The van der Waals surface area contributed by atoms with Gasteiger partial charge in [-0.1, -0.05) is 72.8 Å². The highest BCUT2D eigenvalue weighted by Crippen LogP contribution is 2.39. The van der Waals surface area contributed by atoms with E-state index in [4.69, 9.17) is 17.0 Å². The van der Waals surface area contributed by atoms with E-state index in [1.807, 2.05) is 61.6 Å². The fourth-order valence-corrected chi connectivity index (χ4v) is 3.57. The molecule has 0 aliphatic heterocycles. The molecule has 0 saturated carbocycles. The van der Waals surface area contributed by atoms with Crippen molar-refractivity contribution in [2.75, 3.05) is 13.6 Å². The van der Waals surface area contributed by atoms with Crippen LogP contribution < -0.4 is 10.6 Å². The van der Waals surface area contributed by atoms with Gasteiger partial charge in [0.2, 0.25) is 0 Å². The third-order valence-corrected chi connectivity index (χ3v) is 5.82. The van der Waals surface area contributed by atoms with Crippen molar-refractivity contribution in [3.8, 4) is 0 Å². The summed E-state index contributed by atoms with van der Waals surface area (Å²) in [4.78, 5) is 0. The molecule has 196 valence electrons. The minimum absolute atomic E-state index is 0.0524. The van der Waals surface area contributed by atoms with Crippen LogP contribution in [-0.4, -0.2) is 53.3 Å². The van der Waals surface area contributed by atoms with E-state index >= 15 is 0 Å². The van der Waals surface area contributed by atoms with Crippen molar-refractivity contribution in [3.05, 3.63) is 35.5 Å². The van der Waals surface area contributed by atoms with Crippen LogP contribution in [0.25, 0.3) is 0 Å². The molecule has 0 saturated heterocycles. The molecule has 4 atom stereocenters. The zero-order chi connectivity index (χ0) is 27.0. The predicted octanol–water partition coefficient (Wildman–Crippen LogP) is 6.06. The van der Waals surface area contributed by atoms with E-state index in [0.717, 1.165) is 23.9 Å². The topological polar surface area (TPSA) is 88.4 Å². The van der Waals surface area contributed by atoms with Gasteiger partial charge >= 0.3 is 0 Å². The summed E-state index contributed by atoms with van der Waals surface area (Å²) in [6.07, 6.45) is 4.68. The van der Waals surface area contributed by atoms with Gasteiger partial charge in [-0.05, 0) is 52.7 Å². The molecule has 0 aromatic rings. The Kier molecular flexibility index (Phi) is 20.4. The third-order valence-electron chi connectivity index (χ3n) is 5.70. The molecular weight excluding hydrogens is 434 g/mol. The maximum absolute atomic E-state index is 10.8. The number of halogens is 1. The Hall–Kier alpha value is -0.980. The van der Waals surface area contributed by atoms with Gasteiger partial charge in [0.05, 0.1) is 5.60 Å². The van der Waals surface area contributed by atoms with Crippen LogP contribution in [-0.2, 0) is 0 Å². The first-order valence-electron chi connectivity index (χ1n) is 12.1. The molecule has 0 heterocycles. The van der Waals surface area contributed by atoms with Gasteiger partial charge in [-0.25, -0.2) is 0 Å². The zero-order valence-electron chi connectivity index (χ0n) is 23.4. The van der Waals surface area contributed by atoms with Gasteiger partial charge in [-0.15, -0.1) is 11.6 Å². The number of aliphatic hydroxyl groups is 2. The molecule has 0 rings (SSSR count). The van der Waals surface area contributed by atoms with E-state index < -0.39 is 11.8 Å². The Bertz CT molecular complexity index is 612. The highest BCUT2D eigenvalue weighted by atomic mass is 35.5. The number of hydrogen-bond donors (Lipinski definition) is 5. The number of rotatable bonds is 12. The molecule has 0 aromatic carbocycles. The van der Waals surface area contributed by atoms with Crippen molar-refractivity contribution in [2.45, 2.75) is 106 Å². The van der Waals surface area contributed by atoms with Gasteiger partial charge in [-0.2, -0.15) is 0 Å². The number of hydrogen-bond acceptors (Lipinski definition) is 5. The lowest BCUT2D eigenvalue weighted by Gasteiger charge is -2.43. The Morgan fingerprint density at radius 3 is 1.94 bits per heavy atom. The van der Waals surface area contributed by atoms with Crippen LogP contribution in [0.1, 0.15) is 82.6 Å². The summed E-state index contributed by atoms with van der Waals surface area (Å²) in [6.45, 7) is 26.5. The molecule has 0 amide bonds. The SMILES string of the molecule is C=C(C)/C=C(\C=N)C(O)NC(C)C(C)C.CC.CC[C@](O)(/C(C)=C/C(C)Cl)C(C)(C)CNC. The van der Waals surface area contributed by atoms with Crippen LogP contribution in [0.2, 0.25) is 0 Å². The average molecular weight is 488 g/mol. The van der Waals surface area contributed by atoms with Gasteiger partial charge < -0.3 is 20.9 Å². The summed E-state index contributed by atoms with van der Waals surface area (Å²) >= 11 is 5.96. The summed E-state index contributed by atoms with van der Waals surface area (Å²) in [7, 11) is 1.90. The first-order valence-corrected chi connectivity index (χ1v) is 12.5. The van der Waals surface area contributed by atoms with Crippen LogP contribution in [0.4, 0.5) is 0 Å². The maximum atomic E-state index is 10.8. The zero-order valence-corrected chi connectivity index (χ0v) is 24.2. The smallest absolute Gasteiger partial charge is 0.132 e. The summed E-state index contributed by atoms with van der Waals surface area (Å²) in [5, 5.41) is 33.9. The lowest BCUT2D eigenvalue weighted by atomic mass is 9.69. The lowest BCUT2D eigenvalue weighted by Crippen LogP contribution is -2.50. The second-order valence-electron chi connectivity index (χ2n) is 9.39. The van der Waals surface area contributed by atoms with Crippen LogP contribution in [0, 0.1) is 16.7 Å². The monoisotopic (exact) mass is 487 g/mol. The largest absolute Gasteiger partial charge is 0.385 e. The van der Waals surface area contributed by atoms with Crippen molar-refractivity contribution in [3.63, 3.8) is 0 Å². The van der Waals surface area contributed by atoms with Gasteiger partial charge in [0.1, 0.15) is 6.23 Å². The van der Waals surface area contributed by atoms with Crippen molar-refractivity contribution in [1.82, 2.24) is 10.6 Å². The molecule has 5 nitrogen and oxygen atoms in total. The second kappa shape index (κ2) is 18.4. The van der Waals surface area contributed by atoms with E-state index in [-0.39, 0.29) is 16.8 Å². The number of allylic oxidation sites excluding steroid dienone is 3. The summed E-state index contributed by atoms with van der Waals surface area (Å²) in [6, 6.07) is 0.202. The van der Waals surface area contributed by atoms with Crippen LogP contribution >= 0.6 is 11.6 Å². The molecule has 0 aliphatic rings. The van der Waals surface area contributed by atoms with E-state index in [0.29, 0.717) is 17.9 Å². The predicted molar refractivity (Wildman–Crippen MR) is 148 cm³/mol. The molecule has 0 radical (unpaired) electrons. The Morgan fingerprint density at radius 2 is 1.64 bits per heavy atom. The Labute approximate surface area is 210 Å². The lowest BCUT2D eigenvalue weighted by molar-refractivity contribution is -0.0362. The average Bonchev–Trinajstić information content (AvgIpc) is 2.72. The van der Waals surface area contributed by atoms with Gasteiger partial charge in [0, 0.05) is 35.2 Å². The van der Waals surface area contributed by atoms with Crippen LogP contribution in [0.5, 0.6) is 0 Å². The standard InChI is InChI=1S/C13H26ClNO.C12H22N2O.C2H6/c1-7-13(16,10(2)8-11(3)14)12(4,5)9-15-6;1-8(2)6-11(7-13)12(15)14-10(5)9(3)4;1-2/h8,11,15-16H,7,9H2,1-6H3;6-7,9-10,12-15H,1H2,2-5H3;1-2H3/b10-8+;11-6+,13-7?;/t11?,13-;;/m0../s1. The molecule has 0 fully saturated rings. The molecule has 33 heavy (non-hydrogen) atoms. The first kappa shape index (κ1) is 36.6. The van der Waals surface area contributed by atoms with Crippen LogP contribution in [0.15, 0.2) is 35.5 Å². The van der Waals surface area contributed by atoms with Gasteiger partial charge in [-0.3, -0.25) is 5.32 Å². The minimum atomic E-state index is -0.806. The van der Waals surface area contributed by atoms with E-state index in [2.05, 4.69) is 44.9 Å². The number of nitrogens with one attached hydrogen (secondary N) is 3. The fourth-order valence-electron chi connectivity index (χ4n) is 3.38. The molecule has 3 unspecified atom stereocenters. The second-order valence-corrected chi connectivity index (χ2v) is 10.1. The van der Waals surface area contributed by atoms with Crippen LogP contribution in [0.3, 0.4) is 0 Å². The fraction of sp³-hybridized carbons (Fsp3) is 0.741. The van der Waals surface area contributed by atoms with E-state index in [9.17, 15) is 10.2 Å². The van der Waals surface area contributed by atoms with Crippen molar-refractivity contribution in [1.29, 1.82) is 5.41 Å². The number of aliphatic hydroxyl groups excluding tert-OH is 1. The van der Waals surface area contributed by atoms with Crippen molar-refractivity contribution < 1.29 is 10.2 Å². The molecule has 0 aliphatic carbocycles. The first-order chi connectivity index (χ1) is 15.1. The molecule has 6 heteroatoms. The minimum Gasteiger partial charge on any atom is -0.385 e. The van der Waals surface area contributed by atoms with Crippen molar-refractivity contribution in [2.24, 2.45) is 11.3 Å². The van der Waals surface area contributed by atoms with Gasteiger partial charge in [0.25, 0.3) is 0 Å². The molecule has 0 aromatic heterocycles. The van der Waals surface area contributed by atoms with Crippen molar-refractivity contribution >= 4 is 17.8 Å². The molecular formula is C27H54ClN3O2. The van der Waals surface area contributed by atoms with E-state index in [1.54, 1.807) is 6.08 Å². The normalized spacial score (nSPS) is 17.0. The summed E-state index contributed by atoms with van der Waals surface area (Å²) < 4.78 is 0. The number of alkyl halides is 1. The molecule has 0 bridgehead atoms. The molecule has 5 N–H and O–H groups in total. The Balaban J connectivity index is -0.000000508. The maximum Gasteiger partial charge on any atom is 0.132 e. The third kappa shape index (κ3) is 14.1. The summed E-state index contributed by atoms with van der Waals surface area (Å²) in [5.74, 6) is 0.441. The highest BCUT2D eigenvalue weighted by Gasteiger charge is 2.42. The highest BCUT2D eigenvalue weighted by molar-refractivity contribution is 6.21. The quantitative estimate of drug-likeness (QED) is 0.0760. The summed E-state index contributed by atoms with van der Waals surface area (Å²) in [5.41, 5.74) is 1.29. The molecule has 0 spiro atoms. The van der Waals surface area contributed by atoms with Gasteiger partial charge in [0.15, 0.2) is 0 Å². The van der Waals surface area contributed by atoms with E-state index in [1.165, 1.54) is 0 Å². The Morgan fingerprint density at radius 1 is 1.15 bits per heavy atom.